The van der Waals surface area contributed by atoms with E-state index in [1.807, 2.05) is 0 Å². The van der Waals surface area contributed by atoms with Gasteiger partial charge in [0, 0.05) is 6.04 Å². The molecule has 7 heteroatoms. The Kier molecular flexibility index (Phi) is 4.31. The average molecular weight is 210 g/mol. The zero-order valence-electron chi connectivity index (χ0n) is 7.85. The van der Waals surface area contributed by atoms with E-state index in [4.69, 9.17) is 5.14 Å². The van der Waals surface area contributed by atoms with E-state index in [9.17, 15) is 13.2 Å². The fraction of sp³-hybridized carbons (Fsp3) is 0.833. The van der Waals surface area contributed by atoms with Crippen molar-refractivity contribution in [1.82, 2.24) is 4.31 Å². The van der Waals surface area contributed by atoms with Crippen LogP contribution >= 0.6 is 0 Å². The van der Waals surface area contributed by atoms with Crippen LogP contribution in [0.5, 0.6) is 0 Å². The summed E-state index contributed by atoms with van der Waals surface area (Å²) in [6.45, 7) is 2.88. The van der Waals surface area contributed by atoms with E-state index in [-0.39, 0.29) is 12.6 Å². The maximum absolute atomic E-state index is 10.9. The molecule has 0 saturated carbocycles. The predicted molar refractivity (Wildman–Crippen MR) is 47.0 cm³/mol. The molecule has 13 heavy (non-hydrogen) atoms. The molecule has 0 unspecified atom stereocenters. The van der Waals surface area contributed by atoms with E-state index in [0.29, 0.717) is 0 Å². The number of ether oxygens (including phenoxy) is 1. The fourth-order valence-corrected chi connectivity index (χ4v) is 1.63. The third-order valence-corrected chi connectivity index (χ3v) is 2.62. The van der Waals surface area contributed by atoms with E-state index in [1.54, 1.807) is 13.8 Å². The number of methoxy groups -OCH3 is 1. The van der Waals surface area contributed by atoms with Crippen LogP contribution in [0.1, 0.15) is 13.8 Å². The number of nitrogens with two attached hydrogens (primary N) is 1. The first-order valence-electron chi connectivity index (χ1n) is 3.65. The summed E-state index contributed by atoms with van der Waals surface area (Å²) < 4.78 is 27.0. The highest BCUT2D eigenvalue weighted by Gasteiger charge is 2.23. The maximum Gasteiger partial charge on any atom is 0.321 e. The van der Waals surface area contributed by atoms with Crippen LogP contribution in [0.25, 0.3) is 0 Å². The number of nitrogens with zero attached hydrogens (tertiary/aromatic N) is 1. The van der Waals surface area contributed by atoms with E-state index in [2.05, 4.69) is 4.74 Å². The Morgan fingerprint density at radius 3 is 2.23 bits per heavy atom. The molecule has 0 bridgehead atoms. The third-order valence-electron chi connectivity index (χ3n) is 1.42. The van der Waals surface area contributed by atoms with Crippen molar-refractivity contribution >= 4 is 16.2 Å². The molecule has 0 spiro atoms. The molecule has 0 amide bonds. The van der Waals surface area contributed by atoms with Gasteiger partial charge in [-0.2, -0.15) is 12.7 Å². The van der Waals surface area contributed by atoms with Gasteiger partial charge in [0.25, 0.3) is 10.2 Å². The van der Waals surface area contributed by atoms with Crippen molar-refractivity contribution in [2.24, 2.45) is 5.14 Å². The maximum atomic E-state index is 10.9. The first kappa shape index (κ1) is 12.3. The molecule has 0 aliphatic rings. The van der Waals surface area contributed by atoms with Gasteiger partial charge in [0.05, 0.1) is 7.11 Å². The van der Waals surface area contributed by atoms with Gasteiger partial charge in [0.15, 0.2) is 0 Å². The minimum atomic E-state index is -3.84. The second-order valence-electron chi connectivity index (χ2n) is 2.76. The first-order chi connectivity index (χ1) is 5.79. The third kappa shape index (κ3) is 4.20. The summed E-state index contributed by atoms with van der Waals surface area (Å²) in [5.41, 5.74) is 0. The molecule has 0 atom stereocenters. The second kappa shape index (κ2) is 4.54. The quantitative estimate of drug-likeness (QED) is 0.607. The molecule has 0 aliphatic heterocycles. The highest BCUT2D eigenvalue weighted by atomic mass is 32.2. The lowest BCUT2D eigenvalue weighted by Crippen LogP contribution is -2.44. The van der Waals surface area contributed by atoms with Crippen molar-refractivity contribution in [3.63, 3.8) is 0 Å². The summed E-state index contributed by atoms with van der Waals surface area (Å²) in [5.74, 6) is -0.636. The molecule has 0 fully saturated rings. The molecule has 2 N–H and O–H groups in total. The normalized spacial score (nSPS) is 12.2. The Hall–Kier alpha value is -0.660. The minimum absolute atomic E-state index is 0.354. The molecule has 6 nitrogen and oxygen atoms in total. The van der Waals surface area contributed by atoms with Gasteiger partial charge in [0.2, 0.25) is 0 Å². The van der Waals surface area contributed by atoms with Crippen LogP contribution in [0.4, 0.5) is 0 Å². The standard InChI is InChI=1S/C6H14N2O4S/c1-5(2)8(13(7,10)11)4-6(9)12-3/h5H,4H2,1-3H3,(H2,7,10,11). The Morgan fingerprint density at radius 2 is 2.00 bits per heavy atom. The van der Waals surface area contributed by atoms with Gasteiger partial charge in [-0.15, -0.1) is 0 Å². The van der Waals surface area contributed by atoms with E-state index in [0.717, 1.165) is 4.31 Å². The van der Waals surface area contributed by atoms with Crippen LogP contribution in [0.15, 0.2) is 0 Å². The molecule has 0 aromatic carbocycles. The Labute approximate surface area is 77.8 Å². The summed E-state index contributed by atoms with van der Waals surface area (Å²) in [7, 11) is -2.65. The highest BCUT2D eigenvalue weighted by Crippen LogP contribution is 2.02. The van der Waals surface area contributed by atoms with Crippen molar-refractivity contribution in [2.45, 2.75) is 19.9 Å². The lowest BCUT2D eigenvalue weighted by Gasteiger charge is -2.21. The van der Waals surface area contributed by atoms with E-state index >= 15 is 0 Å². The number of carbonyl (C=O) groups excluding carboxylic acids is 1. The molecule has 78 valence electrons. The summed E-state index contributed by atoms with van der Waals surface area (Å²) in [4.78, 5) is 10.8. The Morgan fingerprint density at radius 1 is 1.54 bits per heavy atom. The smallest absolute Gasteiger partial charge is 0.321 e. The van der Waals surface area contributed by atoms with Gasteiger partial charge in [-0.25, -0.2) is 5.14 Å². The Balaban J connectivity index is 4.56. The molecular formula is C6H14N2O4S. The molecule has 0 aliphatic carbocycles. The second-order valence-corrected chi connectivity index (χ2v) is 4.26. The van der Waals surface area contributed by atoms with Crippen molar-refractivity contribution in [3.05, 3.63) is 0 Å². The van der Waals surface area contributed by atoms with Gasteiger partial charge in [-0.05, 0) is 13.8 Å². The number of rotatable bonds is 4. The van der Waals surface area contributed by atoms with E-state index < -0.39 is 16.2 Å². The molecule has 0 radical (unpaired) electrons. The summed E-state index contributed by atoms with van der Waals surface area (Å²) in [6.07, 6.45) is 0. The van der Waals surface area contributed by atoms with Crippen molar-refractivity contribution in [2.75, 3.05) is 13.7 Å². The van der Waals surface area contributed by atoms with Crippen LogP contribution in [0.2, 0.25) is 0 Å². The summed E-state index contributed by atoms with van der Waals surface area (Å²) >= 11 is 0. The predicted octanol–water partition coefficient (Wildman–Crippen LogP) is -0.927. The van der Waals surface area contributed by atoms with Crippen molar-refractivity contribution in [3.8, 4) is 0 Å². The van der Waals surface area contributed by atoms with Crippen LogP contribution in [0.3, 0.4) is 0 Å². The number of esters is 1. The van der Waals surface area contributed by atoms with Gasteiger partial charge in [0.1, 0.15) is 6.54 Å². The van der Waals surface area contributed by atoms with Gasteiger partial charge in [-0.1, -0.05) is 0 Å². The molecule has 0 aromatic rings. The molecule has 0 aromatic heterocycles. The number of carbonyl (C=O) groups is 1. The molecular weight excluding hydrogens is 196 g/mol. The minimum Gasteiger partial charge on any atom is -0.468 e. The van der Waals surface area contributed by atoms with Crippen molar-refractivity contribution < 1.29 is 17.9 Å². The van der Waals surface area contributed by atoms with Crippen LogP contribution in [-0.2, 0) is 19.7 Å². The Bertz CT molecular complexity index is 272. The zero-order chi connectivity index (χ0) is 10.6. The monoisotopic (exact) mass is 210 g/mol. The fourth-order valence-electron chi connectivity index (χ4n) is 0.758. The summed E-state index contributed by atoms with van der Waals surface area (Å²) in [5, 5.41) is 4.87. The lowest BCUT2D eigenvalue weighted by molar-refractivity contribution is -0.141. The first-order valence-corrected chi connectivity index (χ1v) is 5.15. The van der Waals surface area contributed by atoms with Crippen LogP contribution in [-0.4, -0.2) is 38.4 Å². The number of hydrogen-bond acceptors (Lipinski definition) is 4. The summed E-state index contributed by atoms with van der Waals surface area (Å²) in [6, 6.07) is -0.367. The molecule has 0 rings (SSSR count). The molecule has 0 saturated heterocycles. The van der Waals surface area contributed by atoms with Gasteiger partial charge < -0.3 is 4.74 Å². The van der Waals surface area contributed by atoms with Gasteiger partial charge >= 0.3 is 5.97 Å². The largest absolute Gasteiger partial charge is 0.468 e. The lowest BCUT2D eigenvalue weighted by atomic mass is 10.4. The van der Waals surface area contributed by atoms with Crippen molar-refractivity contribution in [1.29, 1.82) is 0 Å². The van der Waals surface area contributed by atoms with Crippen LogP contribution < -0.4 is 5.14 Å². The SMILES string of the molecule is COC(=O)CN(C(C)C)S(N)(=O)=O. The highest BCUT2D eigenvalue weighted by molar-refractivity contribution is 7.86. The van der Waals surface area contributed by atoms with E-state index in [1.165, 1.54) is 7.11 Å². The average Bonchev–Trinajstić information content (AvgIpc) is 1.96. The van der Waals surface area contributed by atoms with Gasteiger partial charge in [-0.3, -0.25) is 4.79 Å². The molecule has 0 heterocycles. The topological polar surface area (TPSA) is 89.7 Å². The number of hydrogen-bond donors (Lipinski definition) is 1. The van der Waals surface area contributed by atoms with Crippen LogP contribution in [0, 0.1) is 0 Å². The zero-order valence-corrected chi connectivity index (χ0v) is 8.67.